The van der Waals surface area contributed by atoms with Gasteiger partial charge in [-0.05, 0) is 48.2 Å². The minimum absolute atomic E-state index is 0.232. The molecule has 30 heavy (non-hydrogen) atoms. The van der Waals surface area contributed by atoms with E-state index in [1.54, 1.807) is 13.2 Å². The van der Waals surface area contributed by atoms with Crippen molar-refractivity contribution in [1.29, 1.82) is 5.26 Å². The van der Waals surface area contributed by atoms with Gasteiger partial charge in [0, 0.05) is 50.8 Å². The second-order valence-electron chi connectivity index (χ2n) is 6.98. The Bertz CT molecular complexity index is 1010. The van der Waals surface area contributed by atoms with E-state index < -0.39 is 0 Å². The second-order valence-corrected chi connectivity index (χ2v) is 7.99. The molecule has 7 nitrogen and oxygen atoms in total. The number of nitriles is 1. The molecule has 0 aliphatic carbocycles. The Hall–Kier alpha value is -3.02. The lowest BCUT2D eigenvalue weighted by Gasteiger charge is -2.34. The van der Waals surface area contributed by atoms with E-state index in [0.29, 0.717) is 17.1 Å². The highest BCUT2D eigenvalue weighted by Crippen LogP contribution is 2.32. The Labute approximate surface area is 179 Å². The smallest absolute Gasteiger partial charge is 0.286 e. The maximum atomic E-state index is 12.4. The molecule has 1 aromatic carbocycles. The first-order valence-electron chi connectivity index (χ1n) is 9.77. The molecule has 1 amide bonds. The van der Waals surface area contributed by atoms with E-state index in [1.165, 1.54) is 11.8 Å². The molecule has 0 unspecified atom stereocenters. The average molecular weight is 423 g/mol. The number of amides is 1. The van der Waals surface area contributed by atoms with Crippen LogP contribution in [0, 0.1) is 11.3 Å². The van der Waals surface area contributed by atoms with Crippen LogP contribution in [0.25, 0.3) is 17.4 Å². The van der Waals surface area contributed by atoms with E-state index in [4.69, 9.17) is 14.4 Å². The summed E-state index contributed by atoms with van der Waals surface area (Å²) in [5, 5.41) is 9.47. The standard InChI is InChI=1S/C22H22N4O3S/c1-28-17-5-3-16(4-6-17)19-8-7-18(29-19)15-20-21(27)24-22(30-20)26-13-11-25(12-14-26)10-2-9-23/h3-8,15H,2,10-14H2,1H3/b20-15+. The molecule has 2 aliphatic heterocycles. The van der Waals surface area contributed by atoms with Crippen molar-refractivity contribution in [2.75, 3.05) is 39.8 Å². The number of amidine groups is 1. The van der Waals surface area contributed by atoms with Gasteiger partial charge in [0.15, 0.2) is 5.17 Å². The Morgan fingerprint density at radius 3 is 2.67 bits per heavy atom. The summed E-state index contributed by atoms with van der Waals surface area (Å²) in [6.45, 7) is 4.15. The summed E-state index contributed by atoms with van der Waals surface area (Å²) in [6, 6.07) is 13.6. The molecule has 3 heterocycles. The van der Waals surface area contributed by atoms with Gasteiger partial charge < -0.3 is 14.1 Å². The third-order valence-corrected chi connectivity index (χ3v) is 6.11. The number of furan rings is 1. The molecule has 1 fully saturated rings. The number of nitrogens with zero attached hydrogens (tertiary/aromatic N) is 4. The van der Waals surface area contributed by atoms with Crippen LogP contribution >= 0.6 is 11.8 Å². The topological polar surface area (TPSA) is 82.1 Å². The van der Waals surface area contributed by atoms with E-state index in [0.717, 1.165) is 55.0 Å². The van der Waals surface area contributed by atoms with Crippen molar-refractivity contribution in [2.45, 2.75) is 6.42 Å². The number of piperazine rings is 1. The fourth-order valence-corrected chi connectivity index (χ4v) is 4.32. The molecule has 0 bridgehead atoms. The number of ether oxygens (including phenoxy) is 1. The Morgan fingerprint density at radius 2 is 1.97 bits per heavy atom. The molecule has 2 aliphatic rings. The molecular formula is C22H22N4O3S. The summed E-state index contributed by atoms with van der Waals surface area (Å²) >= 11 is 1.39. The fourth-order valence-electron chi connectivity index (χ4n) is 3.37. The molecule has 0 spiro atoms. The Kier molecular flexibility index (Phi) is 6.21. The lowest BCUT2D eigenvalue weighted by Crippen LogP contribution is -2.47. The van der Waals surface area contributed by atoms with Crippen molar-refractivity contribution in [3.8, 4) is 23.1 Å². The number of aliphatic imine (C=N–C) groups is 1. The van der Waals surface area contributed by atoms with Crippen molar-refractivity contribution in [3.63, 3.8) is 0 Å². The van der Waals surface area contributed by atoms with Crippen LogP contribution in [0.4, 0.5) is 0 Å². The van der Waals surface area contributed by atoms with Crippen LogP contribution in [0.2, 0.25) is 0 Å². The predicted octanol–water partition coefficient (Wildman–Crippen LogP) is 3.46. The molecule has 0 atom stereocenters. The number of rotatable bonds is 5. The quantitative estimate of drug-likeness (QED) is 0.683. The van der Waals surface area contributed by atoms with Gasteiger partial charge in [0.05, 0.1) is 18.1 Å². The first-order chi connectivity index (χ1) is 14.7. The van der Waals surface area contributed by atoms with Gasteiger partial charge in [-0.25, -0.2) is 0 Å². The number of hydrogen-bond acceptors (Lipinski definition) is 7. The molecule has 1 saturated heterocycles. The van der Waals surface area contributed by atoms with Crippen LogP contribution in [0.5, 0.6) is 5.75 Å². The minimum atomic E-state index is -0.232. The zero-order chi connectivity index (χ0) is 20.9. The van der Waals surface area contributed by atoms with Gasteiger partial charge in [0.2, 0.25) is 0 Å². The molecule has 4 rings (SSSR count). The van der Waals surface area contributed by atoms with Crippen molar-refractivity contribution in [3.05, 3.63) is 47.1 Å². The minimum Gasteiger partial charge on any atom is -0.497 e. The summed E-state index contributed by atoms with van der Waals surface area (Å²) in [5.74, 6) is 1.91. The highest BCUT2D eigenvalue weighted by atomic mass is 32.2. The van der Waals surface area contributed by atoms with Gasteiger partial charge >= 0.3 is 0 Å². The van der Waals surface area contributed by atoms with E-state index in [1.807, 2.05) is 36.4 Å². The van der Waals surface area contributed by atoms with Crippen LogP contribution in [0.1, 0.15) is 12.2 Å². The lowest BCUT2D eigenvalue weighted by atomic mass is 10.2. The third kappa shape index (κ3) is 4.58. The Morgan fingerprint density at radius 1 is 1.20 bits per heavy atom. The number of carbonyl (C=O) groups excluding carboxylic acids is 1. The third-order valence-electron chi connectivity index (χ3n) is 5.07. The molecule has 0 N–H and O–H groups in total. The molecule has 0 saturated carbocycles. The molecule has 8 heteroatoms. The van der Waals surface area contributed by atoms with Crippen LogP contribution in [-0.2, 0) is 4.79 Å². The van der Waals surface area contributed by atoms with E-state index in [2.05, 4.69) is 20.9 Å². The number of benzene rings is 1. The highest BCUT2D eigenvalue weighted by Gasteiger charge is 2.28. The van der Waals surface area contributed by atoms with Crippen molar-refractivity contribution >= 4 is 28.9 Å². The van der Waals surface area contributed by atoms with Gasteiger partial charge in [-0.3, -0.25) is 9.69 Å². The molecular weight excluding hydrogens is 400 g/mol. The molecule has 2 aromatic rings. The SMILES string of the molecule is COc1ccc(-c2ccc(/C=C3/SC(N4CCN(CCC#N)CC4)=NC3=O)o2)cc1. The first-order valence-corrected chi connectivity index (χ1v) is 10.6. The summed E-state index contributed by atoms with van der Waals surface area (Å²) < 4.78 is 11.1. The van der Waals surface area contributed by atoms with Crippen molar-refractivity contribution < 1.29 is 13.9 Å². The fraction of sp³-hybridized carbons (Fsp3) is 0.318. The number of hydrogen-bond donors (Lipinski definition) is 0. The van der Waals surface area contributed by atoms with Gasteiger partial charge in [0.1, 0.15) is 17.3 Å². The highest BCUT2D eigenvalue weighted by molar-refractivity contribution is 8.18. The molecule has 0 radical (unpaired) electrons. The summed E-state index contributed by atoms with van der Waals surface area (Å²) in [7, 11) is 1.63. The van der Waals surface area contributed by atoms with E-state index >= 15 is 0 Å². The van der Waals surface area contributed by atoms with Gasteiger partial charge in [-0.2, -0.15) is 10.3 Å². The molecule has 154 valence electrons. The van der Waals surface area contributed by atoms with Crippen molar-refractivity contribution in [2.24, 2.45) is 4.99 Å². The first kappa shape index (κ1) is 20.3. The van der Waals surface area contributed by atoms with Crippen LogP contribution in [0.15, 0.2) is 50.7 Å². The van der Waals surface area contributed by atoms with Crippen LogP contribution in [0.3, 0.4) is 0 Å². The van der Waals surface area contributed by atoms with Gasteiger partial charge in [0.25, 0.3) is 5.91 Å². The zero-order valence-electron chi connectivity index (χ0n) is 16.7. The summed E-state index contributed by atoms with van der Waals surface area (Å²) in [6.07, 6.45) is 2.29. The largest absolute Gasteiger partial charge is 0.497 e. The summed E-state index contributed by atoms with van der Waals surface area (Å²) in [4.78, 5) is 21.6. The van der Waals surface area contributed by atoms with Crippen LogP contribution in [-0.4, -0.2) is 60.7 Å². The Balaban J connectivity index is 1.38. The van der Waals surface area contributed by atoms with Crippen molar-refractivity contribution in [1.82, 2.24) is 9.80 Å². The van der Waals surface area contributed by atoms with Gasteiger partial charge in [-0.1, -0.05) is 0 Å². The predicted molar refractivity (Wildman–Crippen MR) is 117 cm³/mol. The normalized spacial score (nSPS) is 18.5. The maximum Gasteiger partial charge on any atom is 0.286 e. The number of thioether (sulfide) groups is 1. The number of carbonyl (C=O) groups is 1. The average Bonchev–Trinajstić information content (AvgIpc) is 3.40. The van der Waals surface area contributed by atoms with Gasteiger partial charge in [-0.15, -0.1) is 0 Å². The maximum absolute atomic E-state index is 12.4. The molecule has 1 aromatic heterocycles. The summed E-state index contributed by atoms with van der Waals surface area (Å²) in [5.41, 5.74) is 0.942. The lowest BCUT2D eigenvalue weighted by molar-refractivity contribution is -0.113. The number of methoxy groups -OCH3 is 1. The van der Waals surface area contributed by atoms with E-state index in [9.17, 15) is 4.79 Å². The van der Waals surface area contributed by atoms with Crippen LogP contribution < -0.4 is 4.74 Å². The monoisotopic (exact) mass is 422 g/mol. The zero-order valence-corrected chi connectivity index (χ0v) is 17.5. The van der Waals surface area contributed by atoms with E-state index in [-0.39, 0.29) is 5.91 Å². The second kappa shape index (κ2) is 9.20.